The largest absolute Gasteiger partial charge is 0.378 e. The van der Waals surface area contributed by atoms with Crippen LogP contribution in [0.2, 0.25) is 0 Å². The van der Waals surface area contributed by atoms with Crippen LogP contribution in [-0.2, 0) is 16.0 Å². The molecular formula is C23H32N4O2. The Morgan fingerprint density at radius 2 is 2.03 bits per heavy atom. The summed E-state index contributed by atoms with van der Waals surface area (Å²) in [7, 11) is 0. The Kier molecular flexibility index (Phi) is 5.20. The van der Waals surface area contributed by atoms with Crippen molar-refractivity contribution in [3.8, 4) is 0 Å². The van der Waals surface area contributed by atoms with Crippen LogP contribution in [0.5, 0.6) is 0 Å². The van der Waals surface area contributed by atoms with Gasteiger partial charge in [-0.1, -0.05) is 30.3 Å². The summed E-state index contributed by atoms with van der Waals surface area (Å²) in [4.78, 5) is 2.57. The van der Waals surface area contributed by atoms with E-state index in [4.69, 9.17) is 14.6 Å². The topological polar surface area (TPSA) is 51.5 Å². The lowest BCUT2D eigenvalue weighted by molar-refractivity contribution is -0.0949. The fraction of sp³-hybridized carbons (Fsp3) is 0.609. The molecule has 3 aliphatic heterocycles. The minimum atomic E-state index is 0.124. The van der Waals surface area contributed by atoms with Crippen molar-refractivity contribution in [2.45, 2.75) is 51.0 Å². The fourth-order valence-electron chi connectivity index (χ4n) is 5.18. The van der Waals surface area contributed by atoms with Gasteiger partial charge in [-0.15, -0.1) is 0 Å². The third kappa shape index (κ3) is 3.75. The number of benzene rings is 1. The van der Waals surface area contributed by atoms with Crippen LogP contribution in [-0.4, -0.2) is 65.8 Å². The molecule has 0 saturated carbocycles. The van der Waals surface area contributed by atoms with Crippen LogP contribution in [0.4, 0.5) is 0 Å². The van der Waals surface area contributed by atoms with E-state index in [1.54, 1.807) is 0 Å². The molecule has 156 valence electrons. The summed E-state index contributed by atoms with van der Waals surface area (Å²) in [5, 5.41) is 8.26. The number of aromatic nitrogens is 2. The molecule has 2 atom stereocenters. The first-order valence-corrected chi connectivity index (χ1v) is 10.9. The molecule has 5 rings (SSSR count). The number of rotatable bonds is 5. The summed E-state index contributed by atoms with van der Waals surface area (Å²) >= 11 is 0. The highest BCUT2D eigenvalue weighted by Crippen LogP contribution is 2.36. The number of hydrogen-bond donors (Lipinski definition) is 1. The van der Waals surface area contributed by atoms with Gasteiger partial charge < -0.3 is 14.8 Å². The molecule has 29 heavy (non-hydrogen) atoms. The molecule has 4 heterocycles. The number of ether oxygens (including phenoxy) is 2. The first kappa shape index (κ1) is 19.2. The Bertz CT molecular complexity index is 846. The molecule has 6 heteroatoms. The molecule has 0 bridgehead atoms. The Morgan fingerprint density at radius 3 is 2.76 bits per heavy atom. The van der Waals surface area contributed by atoms with E-state index in [0.29, 0.717) is 6.10 Å². The Labute approximate surface area is 173 Å². The molecule has 1 aromatic carbocycles. The lowest BCUT2D eigenvalue weighted by Crippen LogP contribution is -2.59. The SMILES string of the molecule is Cc1nn(Cc2ccccc2)c(C)c1C1COCCN1CC1CCC2(CNC2)O1. The zero-order chi connectivity index (χ0) is 19.8. The Hall–Kier alpha value is -1.73. The summed E-state index contributed by atoms with van der Waals surface area (Å²) in [6, 6.07) is 10.8. The van der Waals surface area contributed by atoms with Gasteiger partial charge in [0.15, 0.2) is 0 Å². The van der Waals surface area contributed by atoms with E-state index in [-0.39, 0.29) is 11.6 Å². The molecule has 2 aromatic rings. The third-order valence-electron chi connectivity index (χ3n) is 6.86. The number of nitrogens with one attached hydrogen (secondary N) is 1. The molecule has 1 aromatic heterocycles. The first-order valence-electron chi connectivity index (χ1n) is 10.9. The Morgan fingerprint density at radius 1 is 1.21 bits per heavy atom. The average molecular weight is 397 g/mol. The highest BCUT2D eigenvalue weighted by atomic mass is 16.5. The van der Waals surface area contributed by atoms with Gasteiger partial charge in [-0.25, -0.2) is 0 Å². The van der Waals surface area contributed by atoms with Crippen molar-refractivity contribution in [1.29, 1.82) is 0 Å². The van der Waals surface area contributed by atoms with Crippen LogP contribution in [0.25, 0.3) is 0 Å². The average Bonchev–Trinajstić information content (AvgIpc) is 3.25. The van der Waals surface area contributed by atoms with Crippen molar-refractivity contribution in [1.82, 2.24) is 20.0 Å². The van der Waals surface area contributed by atoms with E-state index in [2.05, 4.69) is 59.1 Å². The van der Waals surface area contributed by atoms with Crippen molar-refractivity contribution < 1.29 is 9.47 Å². The van der Waals surface area contributed by atoms with Gasteiger partial charge >= 0.3 is 0 Å². The lowest BCUT2D eigenvalue weighted by Gasteiger charge is -2.41. The van der Waals surface area contributed by atoms with Crippen molar-refractivity contribution >= 4 is 0 Å². The van der Waals surface area contributed by atoms with Crippen LogP contribution in [0.1, 0.15) is 41.4 Å². The van der Waals surface area contributed by atoms with E-state index >= 15 is 0 Å². The van der Waals surface area contributed by atoms with Gasteiger partial charge in [-0.05, 0) is 32.3 Å². The summed E-state index contributed by atoms with van der Waals surface area (Å²) in [5.41, 5.74) is 5.10. The maximum atomic E-state index is 6.45. The highest BCUT2D eigenvalue weighted by molar-refractivity contribution is 5.30. The molecule has 0 amide bonds. The monoisotopic (exact) mass is 396 g/mol. The summed E-state index contributed by atoms with van der Waals surface area (Å²) in [6.07, 6.45) is 2.68. The zero-order valence-electron chi connectivity index (χ0n) is 17.6. The van der Waals surface area contributed by atoms with Crippen molar-refractivity contribution in [3.05, 3.63) is 52.8 Å². The second-order valence-electron chi connectivity index (χ2n) is 8.88. The van der Waals surface area contributed by atoms with Crippen molar-refractivity contribution in [2.75, 3.05) is 39.4 Å². The molecule has 0 aliphatic carbocycles. The normalized spacial score (nSPS) is 26.7. The minimum Gasteiger partial charge on any atom is -0.378 e. The molecule has 0 radical (unpaired) electrons. The van der Waals surface area contributed by atoms with Gasteiger partial charge in [0.1, 0.15) is 0 Å². The van der Waals surface area contributed by atoms with Gasteiger partial charge in [0.25, 0.3) is 0 Å². The standard InChI is InChI=1S/C23H32N4O2/c1-17-22(18(2)27(25-17)12-19-6-4-3-5-7-19)21-14-28-11-10-26(21)13-20-8-9-23(29-20)15-24-16-23/h3-7,20-21,24H,8-16H2,1-2H3. The van der Waals surface area contributed by atoms with Crippen LogP contribution >= 0.6 is 0 Å². The van der Waals surface area contributed by atoms with Gasteiger partial charge in [-0.2, -0.15) is 5.10 Å². The van der Waals surface area contributed by atoms with Gasteiger partial charge in [0, 0.05) is 37.4 Å². The number of morpholine rings is 1. The molecular weight excluding hydrogens is 364 g/mol. The van der Waals surface area contributed by atoms with Gasteiger partial charge in [0.05, 0.1) is 43.2 Å². The summed E-state index contributed by atoms with van der Waals surface area (Å²) in [5.74, 6) is 0. The smallest absolute Gasteiger partial charge is 0.0935 e. The number of nitrogens with zero attached hydrogens (tertiary/aromatic N) is 3. The number of aryl methyl sites for hydroxylation is 1. The molecule has 3 saturated heterocycles. The lowest BCUT2D eigenvalue weighted by atomic mass is 9.93. The molecule has 6 nitrogen and oxygen atoms in total. The van der Waals surface area contributed by atoms with E-state index in [1.807, 2.05) is 0 Å². The van der Waals surface area contributed by atoms with Gasteiger partial charge in [-0.3, -0.25) is 9.58 Å². The predicted molar refractivity (Wildman–Crippen MR) is 112 cm³/mol. The molecule has 3 fully saturated rings. The maximum Gasteiger partial charge on any atom is 0.0935 e. The summed E-state index contributed by atoms with van der Waals surface area (Å²) in [6.45, 7) is 10.6. The maximum absolute atomic E-state index is 6.45. The van der Waals surface area contributed by atoms with Crippen molar-refractivity contribution in [3.63, 3.8) is 0 Å². The van der Waals surface area contributed by atoms with E-state index in [9.17, 15) is 0 Å². The van der Waals surface area contributed by atoms with E-state index in [1.165, 1.54) is 23.2 Å². The molecule has 3 aliphatic rings. The van der Waals surface area contributed by atoms with Crippen LogP contribution in [0.15, 0.2) is 30.3 Å². The first-order chi connectivity index (χ1) is 14.1. The van der Waals surface area contributed by atoms with E-state index < -0.39 is 0 Å². The Balaban J connectivity index is 1.34. The second-order valence-corrected chi connectivity index (χ2v) is 8.88. The quantitative estimate of drug-likeness (QED) is 0.841. The zero-order valence-corrected chi connectivity index (χ0v) is 17.6. The second kappa shape index (κ2) is 7.84. The highest BCUT2D eigenvalue weighted by Gasteiger charge is 2.45. The molecule has 2 unspecified atom stereocenters. The summed E-state index contributed by atoms with van der Waals surface area (Å²) < 4.78 is 14.5. The third-order valence-corrected chi connectivity index (χ3v) is 6.86. The van der Waals surface area contributed by atoms with Gasteiger partial charge in [0.2, 0.25) is 0 Å². The number of hydrogen-bond acceptors (Lipinski definition) is 5. The van der Waals surface area contributed by atoms with Crippen molar-refractivity contribution in [2.24, 2.45) is 0 Å². The predicted octanol–water partition coefficient (Wildman–Crippen LogP) is 2.44. The van der Waals surface area contributed by atoms with Crippen LogP contribution < -0.4 is 5.32 Å². The van der Waals surface area contributed by atoms with E-state index in [0.717, 1.165) is 58.1 Å². The molecule has 1 spiro atoms. The molecule has 1 N–H and O–H groups in total. The van der Waals surface area contributed by atoms with Crippen LogP contribution in [0.3, 0.4) is 0 Å². The minimum absolute atomic E-state index is 0.124. The van der Waals surface area contributed by atoms with Crippen LogP contribution in [0, 0.1) is 13.8 Å². The fourth-order valence-corrected chi connectivity index (χ4v) is 5.18.